The second-order valence-corrected chi connectivity index (χ2v) is 6.23. The maximum atomic E-state index is 9.93. The molecule has 19 heavy (non-hydrogen) atoms. The zero-order valence-electron chi connectivity index (χ0n) is 11.6. The number of aliphatic hydroxyl groups excluding tert-OH is 1. The minimum Gasteiger partial charge on any atom is -0.389 e. The minimum atomic E-state index is -0.318. The minimum absolute atomic E-state index is 0.318. The first-order chi connectivity index (χ1) is 9.08. The fraction of sp³-hybridized carbons (Fsp3) is 0.643. The van der Waals surface area contributed by atoms with Gasteiger partial charge < -0.3 is 10.0 Å². The van der Waals surface area contributed by atoms with E-state index in [1.165, 1.54) is 5.57 Å². The van der Waals surface area contributed by atoms with Gasteiger partial charge in [0.2, 0.25) is 0 Å². The Labute approximate surface area is 123 Å². The molecule has 2 rings (SSSR count). The van der Waals surface area contributed by atoms with Gasteiger partial charge in [-0.2, -0.15) is 5.10 Å². The summed E-state index contributed by atoms with van der Waals surface area (Å²) in [5, 5.41) is 14.4. The van der Waals surface area contributed by atoms with Crippen LogP contribution in [-0.2, 0) is 6.54 Å². The van der Waals surface area contributed by atoms with Gasteiger partial charge in [-0.15, -0.1) is 0 Å². The zero-order chi connectivity index (χ0) is 13.8. The van der Waals surface area contributed by atoms with E-state index in [2.05, 4.69) is 40.0 Å². The number of nitrogens with zero attached hydrogens (tertiary/aromatic N) is 3. The molecule has 0 saturated carbocycles. The van der Waals surface area contributed by atoms with E-state index >= 15 is 0 Å². The molecule has 0 amide bonds. The van der Waals surface area contributed by atoms with Gasteiger partial charge in [-0.25, -0.2) is 0 Å². The van der Waals surface area contributed by atoms with Crippen LogP contribution in [0.2, 0.25) is 0 Å². The third kappa shape index (κ3) is 3.91. The second-order valence-electron chi connectivity index (χ2n) is 5.37. The van der Waals surface area contributed by atoms with Crippen LogP contribution in [-0.4, -0.2) is 46.5 Å². The lowest BCUT2D eigenvalue weighted by atomic mass is 10.1. The molecule has 0 saturated heterocycles. The summed E-state index contributed by atoms with van der Waals surface area (Å²) in [6.07, 6.45) is 7.64. The summed E-state index contributed by atoms with van der Waals surface area (Å²) in [6.45, 7) is 1.82. The number of halogens is 1. The van der Waals surface area contributed by atoms with E-state index in [0.717, 1.165) is 48.9 Å². The maximum absolute atomic E-state index is 9.93. The standard InChI is InChI=1S/C14H22BrN3O/c1-17(2)7-8-18-14(13(15)10-16-18)11-5-3-4-6-12(19)9-11/h9-10,12,19H,3-8H2,1-2H3. The molecular weight excluding hydrogens is 306 g/mol. The Hall–Kier alpha value is -0.650. The molecule has 1 unspecified atom stereocenters. The van der Waals surface area contributed by atoms with E-state index < -0.39 is 0 Å². The first-order valence-corrected chi connectivity index (χ1v) is 7.62. The number of rotatable bonds is 4. The Kier molecular flexibility index (Phi) is 5.19. The molecule has 0 aromatic carbocycles. The van der Waals surface area contributed by atoms with Gasteiger partial charge in [0, 0.05) is 6.54 Å². The van der Waals surface area contributed by atoms with Crippen molar-refractivity contribution >= 4 is 21.5 Å². The van der Waals surface area contributed by atoms with Crippen LogP contribution in [0.15, 0.2) is 16.7 Å². The van der Waals surface area contributed by atoms with Crippen molar-refractivity contribution in [2.24, 2.45) is 0 Å². The zero-order valence-corrected chi connectivity index (χ0v) is 13.2. The van der Waals surface area contributed by atoms with Crippen molar-refractivity contribution in [1.82, 2.24) is 14.7 Å². The molecule has 0 spiro atoms. The molecule has 1 aromatic heterocycles. The van der Waals surface area contributed by atoms with Crippen LogP contribution in [0.4, 0.5) is 0 Å². The van der Waals surface area contributed by atoms with Crippen molar-refractivity contribution < 1.29 is 5.11 Å². The van der Waals surface area contributed by atoms with Gasteiger partial charge in [-0.3, -0.25) is 4.68 Å². The van der Waals surface area contributed by atoms with Crippen molar-refractivity contribution in [2.75, 3.05) is 20.6 Å². The van der Waals surface area contributed by atoms with E-state index in [1.54, 1.807) is 0 Å². The first-order valence-electron chi connectivity index (χ1n) is 6.83. The monoisotopic (exact) mass is 327 g/mol. The first kappa shape index (κ1) is 14.8. The van der Waals surface area contributed by atoms with Gasteiger partial charge >= 0.3 is 0 Å². The summed E-state index contributed by atoms with van der Waals surface area (Å²) in [7, 11) is 4.12. The average Bonchev–Trinajstić information content (AvgIpc) is 2.58. The number of hydrogen-bond acceptors (Lipinski definition) is 3. The summed E-state index contributed by atoms with van der Waals surface area (Å²) in [4.78, 5) is 2.15. The number of aromatic nitrogens is 2. The quantitative estimate of drug-likeness (QED) is 0.923. The summed E-state index contributed by atoms with van der Waals surface area (Å²) in [6, 6.07) is 0. The van der Waals surface area contributed by atoms with Gasteiger partial charge in [0.1, 0.15) is 0 Å². The molecule has 0 fully saturated rings. The fourth-order valence-electron chi connectivity index (χ4n) is 2.41. The highest BCUT2D eigenvalue weighted by Crippen LogP contribution is 2.31. The van der Waals surface area contributed by atoms with Crippen molar-refractivity contribution in [3.05, 3.63) is 22.4 Å². The Morgan fingerprint density at radius 1 is 1.47 bits per heavy atom. The van der Waals surface area contributed by atoms with Crippen molar-refractivity contribution in [3.8, 4) is 0 Å². The molecule has 0 bridgehead atoms. The van der Waals surface area contributed by atoms with Crippen molar-refractivity contribution in [3.63, 3.8) is 0 Å². The number of likely N-dealkylation sites (N-methyl/N-ethyl adjacent to an activating group) is 1. The third-order valence-electron chi connectivity index (χ3n) is 3.45. The van der Waals surface area contributed by atoms with Gasteiger partial charge in [0.05, 0.1) is 29.0 Å². The highest BCUT2D eigenvalue weighted by atomic mass is 79.9. The number of hydrogen-bond donors (Lipinski definition) is 1. The molecule has 5 heteroatoms. The van der Waals surface area contributed by atoms with Gasteiger partial charge in [0.25, 0.3) is 0 Å². The number of allylic oxidation sites excluding steroid dienone is 1. The smallest absolute Gasteiger partial charge is 0.0782 e. The van der Waals surface area contributed by atoms with Crippen LogP contribution in [0, 0.1) is 0 Å². The highest BCUT2D eigenvalue weighted by Gasteiger charge is 2.17. The van der Waals surface area contributed by atoms with Crippen LogP contribution in [0.5, 0.6) is 0 Å². The molecule has 4 nitrogen and oxygen atoms in total. The van der Waals surface area contributed by atoms with Gasteiger partial charge in [-0.1, -0.05) is 12.5 Å². The van der Waals surface area contributed by atoms with Gasteiger partial charge in [0.15, 0.2) is 0 Å². The molecule has 1 aliphatic rings. The SMILES string of the molecule is CN(C)CCn1ncc(Br)c1C1=CC(O)CCCC1. The molecule has 1 N–H and O–H groups in total. The summed E-state index contributed by atoms with van der Waals surface area (Å²) in [5.41, 5.74) is 2.34. The molecule has 0 aliphatic heterocycles. The Bertz CT molecular complexity index is 454. The van der Waals surface area contributed by atoms with Crippen LogP contribution >= 0.6 is 15.9 Å². The fourth-order valence-corrected chi connectivity index (χ4v) is 2.96. The van der Waals surface area contributed by atoms with E-state index in [1.807, 2.05) is 17.0 Å². The summed E-state index contributed by atoms with van der Waals surface area (Å²) in [5.74, 6) is 0. The molecule has 1 heterocycles. The lowest BCUT2D eigenvalue weighted by Gasteiger charge is -2.14. The maximum Gasteiger partial charge on any atom is 0.0782 e. The molecule has 1 atom stereocenters. The lowest BCUT2D eigenvalue weighted by Crippen LogP contribution is -2.20. The molecular formula is C14H22BrN3O. The largest absolute Gasteiger partial charge is 0.389 e. The van der Waals surface area contributed by atoms with E-state index in [9.17, 15) is 5.11 Å². The Balaban J connectivity index is 2.24. The summed E-state index contributed by atoms with van der Waals surface area (Å²) >= 11 is 3.59. The Morgan fingerprint density at radius 2 is 2.26 bits per heavy atom. The molecule has 106 valence electrons. The Morgan fingerprint density at radius 3 is 3.00 bits per heavy atom. The average molecular weight is 328 g/mol. The van der Waals surface area contributed by atoms with Gasteiger partial charge in [-0.05, 0) is 54.9 Å². The van der Waals surface area contributed by atoms with Crippen LogP contribution in [0.1, 0.15) is 31.4 Å². The van der Waals surface area contributed by atoms with E-state index in [0.29, 0.717) is 0 Å². The van der Waals surface area contributed by atoms with Crippen molar-refractivity contribution in [1.29, 1.82) is 0 Å². The van der Waals surface area contributed by atoms with E-state index in [4.69, 9.17) is 0 Å². The topological polar surface area (TPSA) is 41.3 Å². The molecule has 0 radical (unpaired) electrons. The molecule has 1 aliphatic carbocycles. The molecule has 1 aromatic rings. The van der Waals surface area contributed by atoms with Crippen LogP contribution in [0.3, 0.4) is 0 Å². The normalized spacial score (nSPS) is 20.5. The predicted octanol–water partition coefficient (Wildman–Crippen LogP) is 2.53. The van der Waals surface area contributed by atoms with Crippen LogP contribution < -0.4 is 0 Å². The lowest BCUT2D eigenvalue weighted by molar-refractivity contribution is 0.211. The predicted molar refractivity (Wildman–Crippen MR) is 80.9 cm³/mol. The summed E-state index contributed by atoms with van der Waals surface area (Å²) < 4.78 is 3.06. The second kappa shape index (κ2) is 6.68. The van der Waals surface area contributed by atoms with Crippen LogP contribution in [0.25, 0.3) is 5.57 Å². The third-order valence-corrected chi connectivity index (χ3v) is 4.03. The number of aliphatic hydroxyl groups is 1. The van der Waals surface area contributed by atoms with E-state index in [-0.39, 0.29) is 6.10 Å². The highest BCUT2D eigenvalue weighted by molar-refractivity contribution is 9.10. The van der Waals surface area contributed by atoms with Crippen molar-refractivity contribution in [2.45, 2.75) is 38.3 Å².